The van der Waals surface area contributed by atoms with Gasteiger partial charge in [-0.2, -0.15) is 0 Å². The van der Waals surface area contributed by atoms with Gasteiger partial charge in [0, 0.05) is 28.8 Å². The van der Waals surface area contributed by atoms with Crippen molar-refractivity contribution in [3.8, 4) is 0 Å². The first kappa shape index (κ1) is 29.3. The van der Waals surface area contributed by atoms with Crippen molar-refractivity contribution in [2.75, 3.05) is 19.9 Å². The van der Waals surface area contributed by atoms with E-state index in [2.05, 4.69) is 39.2 Å². The molecular formula is C25H40N2O6S2Si. The largest absolute Gasteiger partial charge is 0.428 e. The number of thioether (sulfide) groups is 1. The first-order valence-corrected chi connectivity index (χ1v) is 16.8. The van der Waals surface area contributed by atoms with Crippen LogP contribution in [0.25, 0.3) is 0 Å². The van der Waals surface area contributed by atoms with Crippen LogP contribution < -0.4 is 5.32 Å². The molecule has 3 rings (SSSR count). The van der Waals surface area contributed by atoms with E-state index in [1.807, 2.05) is 13.8 Å². The van der Waals surface area contributed by atoms with Crippen molar-refractivity contribution in [2.24, 2.45) is 17.8 Å². The fourth-order valence-corrected chi connectivity index (χ4v) is 7.69. The molecule has 1 amide bonds. The van der Waals surface area contributed by atoms with Crippen molar-refractivity contribution >= 4 is 55.0 Å². The van der Waals surface area contributed by atoms with Crippen LogP contribution in [0.5, 0.6) is 0 Å². The summed E-state index contributed by atoms with van der Waals surface area (Å²) in [6.07, 6.45) is -0.273. The Bertz CT molecular complexity index is 961. The van der Waals surface area contributed by atoms with Crippen molar-refractivity contribution in [2.45, 2.75) is 84.0 Å². The zero-order valence-corrected chi connectivity index (χ0v) is 25.4. The second-order valence-electron chi connectivity index (χ2n) is 11.7. The molecule has 0 radical (unpaired) electrons. The van der Waals surface area contributed by atoms with Crippen LogP contribution in [0.15, 0.2) is 10.6 Å². The maximum Gasteiger partial charge on any atom is 0.358 e. The standard InChI is InChI=1S/C25H40N2O6S2Si/c1-13(2)23(29)31-12-32-24(30)20-21(35-17-11-26-10-16(17)34)14(3)19-18(22(28)27(19)20)15(4)33-36(8,9)25(5,6)7/h13-15,17-19,26H,10-12H2,1-9H3/t14-,15-,17-,18-,19-/m1/s1. The van der Waals surface area contributed by atoms with Crippen molar-refractivity contribution in [1.29, 1.82) is 0 Å². The zero-order valence-electron chi connectivity index (χ0n) is 22.8. The van der Waals surface area contributed by atoms with Crippen molar-refractivity contribution in [3.05, 3.63) is 10.6 Å². The molecule has 0 spiro atoms. The molecule has 3 aliphatic heterocycles. The highest BCUT2D eigenvalue weighted by Gasteiger charge is 2.61. The number of carbonyl (C=O) groups is 3. The SMILES string of the molecule is CC(C)C(=O)OCOC(=O)C1=C(S[C@@H]2CNCC2=S)[C@H](C)[C@@H]2[C@@H]([C@@H](C)O[Si](C)(C)C(C)(C)C)C(=O)N12. The molecule has 0 unspecified atom stereocenters. The van der Waals surface area contributed by atoms with Gasteiger partial charge in [-0.3, -0.25) is 9.59 Å². The van der Waals surface area contributed by atoms with E-state index in [0.717, 1.165) is 9.77 Å². The predicted molar refractivity (Wildman–Crippen MR) is 147 cm³/mol. The summed E-state index contributed by atoms with van der Waals surface area (Å²) in [6, 6.07) is -0.191. The highest BCUT2D eigenvalue weighted by Crippen LogP contribution is 2.53. The lowest BCUT2D eigenvalue weighted by Gasteiger charge is -2.50. The quantitative estimate of drug-likeness (QED) is 0.149. The smallest absolute Gasteiger partial charge is 0.358 e. The van der Waals surface area contributed by atoms with Gasteiger partial charge >= 0.3 is 11.9 Å². The van der Waals surface area contributed by atoms with Crippen LogP contribution in [-0.2, 0) is 28.3 Å². The molecule has 5 atom stereocenters. The fraction of sp³-hybridized carbons (Fsp3) is 0.760. The van der Waals surface area contributed by atoms with Crippen LogP contribution in [-0.4, -0.2) is 73.2 Å². The molecule has 3 aliphatic rings. The minimum Gasteiger partial charge on any atom is -0.428 e. The van der Waals surface area contributed by atoms with Crippen LogP contribution >= 0.6 is 24.0 Å². The first-order valence-electron chi connectivity index (χ1n) is 12.6. The molecule has 1 N–H and O–H groups in total. The topological polar surface area (TPSA) is 94.2 Å². The van der Waals surface area contributed by atoms with Crippen LogP contribution in [0, 0.1) is 17.8 Å². The molecule has 0 aromatic heterocycles. The van der Waals surface area contributed by atoms with E-state index in [4.69, 9.17) is 26.1 Å². The van der Waals surface area contributed by atoms with Gasteiger partial charge < -0.3 is 24.1 Å². The molecule has 8 nitrogen and oxygen atoms in total. The summed E-state index contributed by atoms with van der Waals surface area (Å²) in [5.74, 6) is -2.00. The third-order valence-corrected chi connectivity index (χ3v) is 14.4. The Kier molecular flexibility index (Phi) is 8.82. The van der Waals surface area contributed by atoms with E-state index in [1.165, 1.54) is 11.8 Å². The minimum absolute atomic E-state index is 0.0157. The summed E-state index contributed by atoms with van der Waals surface area (Å²) in [5.41, 5.74) is 0.244. The number of hydrogen-bond donors (Lipinski definition) is 1. The highest BCUT2D eigenvalue weighted by atomic mass is 32.2. The monoisotopic (exact) mass is 556 g/mol. The molecule has 2 fully saturated rings. The van der Waals surface area contributed by atoms with E-state index in [0.29, 0.717) is 13.1 Å². The van der Waals surface area contributed by atoms with Crippen LogP contribution in [0.2, 0.25) is 18.1 Å². The number of ether oxygens (including phenoxy) is 2. The average Bonchev–Trinajstić information content (AvgIpc) is 3.26. The summed E-state index contributed by atoms with van der Waals surface area (Å²) >= 11 is 7.06. The zero-order chi connectivity index (χ0) is 27.2. The van der Waals surface area contributed by atoms with Gasteiger partial charge in [0.15, 0.2) is 8.32 Å². The van der Waals surface area contributed by atoms with Crippen LogP contribution in [0.3, 0.4) is 0 Å². The van der Waals surface area contributed by atoms with E-state index in [1.54, 1.807) is 18.7 Å². The third-order valence-electron chi connectivity index (χ3n) is 7.69. The fourth-order valence-electron chi connectivity index (χ4n) is 4.56. The molecule has 0 aromatic rings. The van der Waals surface area contributed by atoms with Gasteiger partial charge in [-0.1, -0.05) is 53.8 Å². The molecule has 202 valence electrons. The number of esters is 2. The van der Waals surface area contributed by atoms with E-state index in [9.17, 15) is 14.4 Å². The Morgan fingerprint density at radius 3 is 2.39 bits per heavy atom. The number of carbonyl (C=O) groups excluding carboxylic acids is 3. The van der Waals surface area contributed by atoms with Gasteiger partial charge in [-0.15, -0.1) is 11.8 Å². The summed E-state index contributed by atoms with van der Waals surface area (Å²) in [4.78, 5) is 41.8. The molecule has 36 heavy (non-hydrogen) atoms. The van der Waals surface area contributed by atoms with E-state index >= 15 is 0 Å². The second kappa shape index (κ2) is 10.8. The lowest BCUT2D eigenvalue weighted by molar-refractivity contribution is -0.173. The lowest BCUT2D eigenvalue weighted by Crippen LogP contribution is -2.65. The molecule has 3 heterocycles. The molecule has 0 saturated carbocycles. The normalized spacial score (nSPS) is 27.3. The average molecular weight is 557 g/mol. The molecular weight excluding hydrogens is 517 g/mol. The Hall–Kier alpha value is -1.27. The lowest BCUT2D eigenvalue weighted by atomic mass is 9.79. The van der Waals surface area contributed by atoms with Gasteiger partial charge in [-0.25, -0.2) is 4.79 Å². The van der Waals surface area contributed by atoms with Gasteiger partial charge in [0.1, 0.15) is 5.70 Å². The second-order valence-corrected chi connectivity index (χ2v) is 18.2. The summed E-state index contributed by atoms with van der Waals surface area (Å²) < 4.78 is 16.9. The Labute approximate surface area is 225 Å². The summed E-state index contributed by atoms with van der Waals surface area (Å²) in [5, 5.41) is 3.32. The number of β-lactam (4-membered cyclic amide) rings is 1. The number of nitrogens with zero attached hydrogens (tertiary/aromatic N) is 1. The number of nitrogens with one attached hydrogen (secondary N) is 1. The van der Waals surface area contributed by atoms with Gasteiger partial charge in [0.25, 0.3) is 0 Å². The highest BCUT2D eigenvalue weighted by molar-refractivity contribution is 8.05. The molecule has 11 heteroatoms. The number of hydrogen-bond acceptors (Lipinski definition) is 9. The number of rotatable bonds is 9. The third kappa shape index (κ3) is 5.60. The summed E-state index contributed by atoms with van der Waals surface area (Å²) in [7, 11) is -2.10. The Morgan fingerprint density at radius 2 is 1.86 bits per heavy atom. The number of thiocarbonyl (C=S) groups is 1. The van der Waals surface area contributed by atoms with Crippen molar-refractivity contribution < 1.29 is 28.3 Å². The van der Waals surface area contributed by atoms with Gasteiger partial charge in [0.05, 0.1) is 29.2 Å². The van der Waals surface area contributed by atoms with Crippen molar-refractivity contribution in [3.63, 3.8) is 0 Å². The van der Waals surface area contributed by atoms with Gasteiger partial charge in [-0.05, 0) is 25.1 Å². The minimum atomic E-state index is -2.10. The number of fused-ring (bicyclic) bond motifs is 1. The molecule has 0 aliphatic carbocycles. The van der Waals surface area contributed by atoms with Crippen LogP contribution in [0.1, 0.15) is 48.5 Å². The maximum atomic E-state index is 13.5. The van der Waals surface area contributed by atoms with Gasteiger partial charge in [0.2, 0.25) is 12.7 Å². The molecule has 2 saturated heterocycles. The summed E-state index contributed by atoms with van der Waals surface area (Å²) in [6.45, 7) is 19.2. The first-order chi connectivity index (χ1) is 16.6. The molecule has 0 bridgehead atoms. The molecule has 0 aromatic carbocycles. The number of amides is 1. The predicted octanol–water partition coefficient (Wildman–Crippen LogP) is 3.86. The Balaban J connectivity index is 1.83. The van der Waals surface area contributed by atoms with E-state index in [-0.39, 0.29) is 51.8 Å². The maximum absolute atomic E-state index is 13.5. The van der Waals surface area contributed by atoms with Crippen LogP contribution in [0.4, 0.5) is 0 Å². The van der Waals surface area contributed by atoms with E-state index < -0.39 is 27.0 Å². The van der Waals surface area contributed by atoms with Crippen molar-refractivity contribution in [1.82, 2.24) is 10.2 Å². The Morgan fingerprint density at radius 1 is 1.22 bits per heavy atom.